The number of Topliss-reactive ketones (excluding diaryl/α,β-unsaturated/α-hetero) is 1. The third-order valence-corrected chi connectivity index (χ3v) is 6.51. The van der Waals surface area contributed by atoms with E-state index in [4.69, 9.17) is 9.47 Å². The van der Waals surface area contributed by atoms with Crippen LogP contribution in [0.1, 0.15) is 28.3 Å². The van der Waals surface area contributed by atoms with Crippen LogP contribution in [-0.4, -0.2) is 33.8 Å². The van der Waals surface area contributed by atoms with Crippen LogP contribution in [0.5, 0.6) is 11.5 Å². The molecule has 8 heteroatoms. The van der Waals surface area contributed by atoms with Crippen molar-refractivity contribution in [1.29, 1.82) is 0 Å². The van der Waals surface area contributed by atoms with Crippen LogP contribution < -0.4 is 9.47 Å². The van der Waals surface area contributed by atoms with Gasteiger partial charge in [-0.25, -0.2) is 4.39 Å². The van der Waals surface area contributed by atoms with Gasteiger partial charge in [0.05, 0.1) is 18.7 Å². The molecule has 39 heavy (non-hydrogen) atoms. The molecule has 7 nitrogen and oxygen atoms in total. The van der Waals surface area contributed by atoms with E-state index < -0.39 is 29.3 Å². The molecular formula is C31H25FN2O5. The normalized spacial score (nSPS) is 16.4. The highest BCUT2D eigenvalue weighted by atomic mass is 19.1. The van der Waals surface area contributed by atoms with Gasteiger partial charge in [0.1, 0.15) is 18.1 Å². The summed E-state index contributed by atoms with van der Waals surface area (Å²) in [6, 6.07) is 23.2. The van der Waals surface area contributed by atoms with E-state index >= 15 is 0 Å². The van der Waals surface area contributed by atoms with E-state index in [9.17, 15) is 19.1 Å². The molecule has 1 unspecified atom stereocenters. The highest BCUT2D eigenvalue weighted by Gasteiger charge is 2.46. The number of likely N-dealkylation sites (tertiary alicyclic amines) is 1. The Bertz CT molecular complexity index is 1520. The van der Waals surface area contributed by atoms with Gasteiger partial charge in [-0.3, -0.25) is 14.6 Å². The minimum atomic E-state index is -0.911. The first-order valence-electron chi connectivity index (χ1n) is 12.2. The molecular weight excluding hydrogens is 499 g/mol. The quantitative estimate of drug-likeness (QED) is 0.188. The van der Waals surface area contributed by atoms with Gasteiger partial charge in [0.2, 0.25) is 0 Å². The Morgan fingerprint density at radius 1 is 0.949 bits per heavy atom. The van der Waals surface area contributed by atoms with Crippen molar-refractivity contribution < 1.29 is 28.6 Å². The van der Waals surface area contributed by atoms with Gasteiger partial charge in [-0.1, -0.05) is 42.5 Å². The van der Waals surface area contributed by atoms with Crippen LogP contribution >= 0.6 is 0 Å². The average molecular weight is 525 g/mol. The van der Waals surface area contributed by atoms with Gasteiger partial charge in [0, 0.05) is 24.5 Å². The van der Waals surface area contributed by atoms with Gasteiger partial charge in [-0.05, 0) is 59.2 Å². The maximum Gasteiger partial charge on any atom is 0.295 e. The van der Waals surface area contributed by atoms with Crippen LogP contribution in [-0.2, 0) is 22.7 Å². The first-order valence-corrected chi connectivity index (χ1v) is 12.2. The second kappa shape index (κ2) is 11.2. The van der Waals surface area contributed by atoms with E-state index in [1.807, 2.05) is 30.3 Å². The molecule has 0 aliphatic carbocycles. The van der Waals surface area contributed by atoms with Crippen LogP contribution in [0.3, 0.4) is 0 Å². The molecule has 1 atom stereocenters. The molecule has 1 saturated heterocycles. The van der Waals surface area contributed by atoms with Crippen molar-refractivity contribution in [2.45, 2.75) is 19.2 Å². The molecule has 1 fully saturated rings. The van der Waals surface area contributed by atoms with Gasteiger partial charge in [0.15, 0.2) is 11.6 Å². The number of methoxy groups -OCH3 is 1. The number of carbonyl (C=O) groups excluding carboxylic acids is 2. The Hall–Kier alpha value is -4.98. The number of ketones is 1. The summed E-state index contributed by atoms with van der Waals surface area (Å²) in [5.41, 5.74) is 2.29. The Kier molecular flexibility index (Phi) is 7.36. The monoisotopic (exact) mass is 524 g/mol. The number of ether oxygens (including phenoxy) is 2. The minimum Gasteiger partial charge on any atom is -0.507 e. The van der Waals surface area contributed by atoms with Crippen LogP contribution in [0, 0.1) is 5.82 Å². The number of aromatic nitrogens is 1. The van der Waals surface area contributed by atoms with Gasteiger partial charge in [0.25, 0.3) is 11.7 Å². The molecule has 0 saturated carbocycles. The number of halogens is 1. The van der Waals surface area contributed by atoms with Crippen molar-refractivity contribution in [2.24, 2.45) is 0 Å². The predicted molar refractivity (Wildman–Crippen MR) is 142 cm³/mol. The zero-order chi connectivity index (χ0) is 27.4. The van der Waals surface area contributed by atoms with Crippen molar-refractivity contribution >= 4 is 17.4 Å². The summed E-state index contributed by atoms with van der Waals surface area (Å²) in [6.07, 6.45) is 3.19. The van der Waals surface area contributed by atoms with E-state index in [1.165, 1.54) is 24.1 Å². The fourth-order valence-corrected chi connectivity index (χ4v) is 4.53. The van der Waals surface area contributed by atoms with Crippen LogP contribution in [0.4, 0.5) is 4.39 Å². The molecule has 3 aromatic carbocycles. The summed E-state index contributed by atoms with van der Waals surface area (Å²) >= 11 is 0. The molecule has 1 aromatic heterocycles. The highest BCUT2D eigenvalue weighted by Crippen LogP contribution is 2.41. The minimum absolute atomic E-state index is 0.00710. The van der Waals surface area contributed by atoms with E-state index in [-0.39, 0.29) is 23.4 Å². The predicted octanol–water partition coefficient (Wildman–Crippen LogP) is 5.43. The molecule has 1 aliphatic heterocycles. The molecule has 5 rings (SSSR count). The van der Waals surface area contributed by atoms with E-state index in [1.54, 1.807) is 48.8 Å². The molecule has 0 spiro atoms. The standard InChI is InChI=1S/C31H25FN2O5/c1-38-26-12-9-23(17-25(26)32)29(35)27-28(34(31(37)30(27)36)18-20-13-15-33-16-14-20)22-7-10-24(11-8-22)39-19-21-5-3-2-4-6-21/h2-17,28,35H,18-19H2,1H3. The second-order valence-corrected chi connectivity index (χ2v) is 8.98. The number of nitrogens with zero attached hydrogens (tertiary/aromatic N) is 2. The number of aliphatic hydroxyl groups excluding tert-OH is 1. The zero-order valence-corrected chi connectivity index (χ0v) is 21.1. The van der Waals surface area contributed by atoms with Crippen molar-refractivity contribution in [2.75, 3.05) is 7.11 Å². The topological polar surface area (TPSA) is 89.0 Å². The molecule has 2 heterocycles. The zero-order valence-electron chi connectivity index (χ0n) is 21.1. The van der Waals surface area contributed by atoms with Crippen molar-refractivity contribution in [3.63, 3.8) is 0 Å². The second-order valence-electron chi connectivity index (χ2n) is 8.98. The van der Waals surface area contributed by atoms with Crippen molar-refractivity contribution in [1.82, 2.24) is 9.88 Å². The number of rotatable bonds is 8. The van der Waals surface area contributed by atoms with E-state index in [2.05, 4.69) is 4.98 Å². The summed E-state index contributed by atoms with van der Waals surface area (Å²) in [7, 11) is 1.33. The Morgan fingerprint density at radius 2 is 1.67 bits per heavy atom. The van der Waals surface area contributed by atoms with Crippen LogP contribution in [0.15, 0.2) is 103 Å². The maximum atomic E-state index is 14.5. The Labute approximate surface area is 224 Å². The number of amides is 1. The first kappa shape index (κ1) is 25.7. The Morgan fingerprint density at radius 3 is 2.33 bits per heavy atom. The summed E-state index contributed by atoms with van der Waals surface area (Å²) in [4.78, 5) is 31.9. The third kappa shape index (κ3) is 5.36. The number of pyridine rings is 1. The SMILES string of the molecule is COc1ccc(C(O)=C2C(=O)C(=O)N(Cc3ccncc3)C2c2ccc(OCc3ccccc3)cc2)cc1F. The lowest BCUT2D eigenvalue weighted by atomic mass is 9.95. The lowest BCUT2D eigenvalue weighted by Crippen LogP contribution is -2.29. The van der Waals surface area contributed by atoms with Crippen molar-refractivity contribution in [3.8, 4) is 11.5 Å². The first-order chi connectivity index (χ1) is 19.0. The summed E-state index contributed by atoms with van der Waals surface area (Å²) in [6.45, 7) is 0.488. The average Bonchev–Trinajstić information content (AvgIpc) is 3.22. The number of hydrogen-bond donors (Lipinski definition) is 1. The number of benzene rings is 3. The molecule has 196 valence electrons. The molecule has 0 bridgehead atoms. The lowest BCUT2D eigenvalue weighted by molar-refractivity contribution is -0.140. The lowest BCUT2D eigenvalue weighted by Gasteiger charge is -2.25. The summed E-state index contributed by atoms with van der Waals surface area (Å²) in [5, 5.41) is 11.2. The van der Waals surface area contributed by atoms with Gasteiger partial charge < -0.3 is 19.5 Å². The fourth-order valence-electron chi connectivity index (χ4n) is 4.53. The molecule has 1 amide bonds. The van der Waals surface area contributed by atoms with Crippen molar-refractivity contribution in [3.05, 3.63) is 131 Å². The number of hydrogen-bond acceptors (Lipinski definition) is 6. The maximum absolute atomic E-state index is 14.5. The number of carbonyl (C=O) groups is 2. The van der Waals surface area contributed by atoms with Crippen LogP contribution in [0.2, 0.25) is 0 Å². The summed E-state index contributed by atoms with van der Waals surface area (Å²) < 4.78 is 25.3. The molecule has 4 aromatic rings. The van der Waals surface area contributed by atoms with E-state index in [0.29, 0.717) is 17.9 Å². The van der Waals surface area contributed by atoms with Gasteiger partial charge >= 0.3 is 0 Å². The third-order valence-electron chi connectivity index (χ3n) is 6.51. The fraction of sp³-hybridized carbons (Fsp3) is 0.129. The number of aliphatic hydroxyl groups is 1. The van der Waals surface area contributed by atoms with Gasteiger partial charge in [-0.15, -0.1) is 0 Å². The smallest absolute Gasteiger partial charge is 0.295 e. The molecule has 0 radical (unpaired) electrons. The summed E-state index contributed by atoms with van der Waals surface area (Å²) in [5.74, 6) is -2.20. The molecule has 1 N–H and O–H groups in total. The highest BCUT2D eigenvalue weighted by molar-refractivity contribution is 6.46. The Balaban J connectivity index is 1.53. The van der Waals surface area contributed by atoms with Crippen LogP contribution in [0.25, 0.3) is 5.76 Å². The molecule has 1 aliphatic rings. The largest absolute Gasteiger partial charge is 0.507 e. The van der Waals surface area contributed by atoms with Gasteiger partial charge in [-0.2, -0.15) is 0 Å². The van der Waals surface area contributed by atoms with E-state index in [0.717, 1.165) is 17.2 Å².